The van der Waals surface area contributed by atoms with Crippen LogP contribution < -0.4 is 5.32 Å². The number of aryl methyl sites for hydroxylation is 1. The van der Waals surface area contributed by atoms with Crippen LogP contribution in [0, 0.1) is 6.92 Å². The van der Waals surface area contributed by atoms with Crippen LogP contribution in [0.1, 0.15) is 5.56 Å². The molecule has 0 fully saturated rings. The van der Waals surface area contributed by atoms with E-state index in [4.69, 9.17) is 0 Å². The molecule has 0 aliphatic rings. The summed E-state index contributed by atoms with van der Waals surface area (Å²) in [6, 6.07) is 4.53. The molecule has 0 spiro atoms. The topological polar surface area (TPSA) is 72.7 Å². The third-order valence-corrected chi connectivity index (χ3v) is 2.34. The fourth-order valence-corrected chi connectivity index (χ4v) is 1.36. The summed E-state index contributed by atoms with van der Waals surface area (Å²) in [5.74, 6) is -2.02. The first-order valence-corrected chi connectivity index (χ1v) is 5.10. The van der Waals surface area contributed by atoms with Crippen molar-refractivity contribution in [2.75, 3.05) is 5.32 Å². The lowest BCUT2D eigenvalue weighted by atomic mass is 10.2. The van der Waals surface area contributed by atoms with Crippen LogP contribution in [0.5, 0.6) is 0 Å². The largest absolute Gasteiger partial charge is 0.471 e. The zero-order valence-corrected chi connectivity index (χ0v) is 9.64. The molecule has 0 aliphatic heterocycles. The molecule has 100 valence electrons. The van der Waals surface area contributed by atoms with E-state index in [0.717, 1.165) is 0 Å². The van der Waals surface area contributed by atoms with Crippen LogP contribution in [0.25, 0.3) is 5.69 Å². The summed E-state index contributed by atoms with van der Waals surface area (Å²) < 4.78 is 37.8. The molecule has 2 aromatic rings. The zero-order valence-electron chi connectivity index (χ0n) is 9.64. The average Bonchev–Trinajstić information content (AvgIpc) is 2.84. The number of halogens is 3. The number of aromatic nitrogens is 4. The molecule has 0 unspecified atom stereocenters. The maximum Gasteiger partial charge on any atom is 0.471 e. The van der Waals surface area contributed by atoms with Crippen LogP contribution in [0.2, 0.25) is 0 Å². The molecule has 1 N–H and O–H groups in total. The first kappa shape index (κ1) is 13.0. The molecule has 2 rings (SSSR count). The fourth-order valence-electron chi connectivity index (χ4n) is 1.36. The van der Waals surface area contributed by atoms with Gasteiger partial charge in [-0.25, -0.2) is 4.68 Å². The van der Waals surface area contributed by atoms with E-state index in [1.807, 2.05) is 0 Å². The Morgan fingerprint density at radius 2 is 2.11 bits per heavy atom. The minimum absolute atomic E-state index is 0.0512. The van der Waals surface area contributed by atoms with Gasteiger partial charge in [0.25, 0.3) is 0 Å². The van der Waals surface area contributed by atoms with Crippen LogP contribution in [-0.2, 0) is 4.79 Å². The van der Waals surface area contributed by atoms with E-state index < -0.39 is 12.1 Å². The molecule has 19 heavy (non-hydrogen) atoms. The molecular weight excluding hydrogens is 263 g/mol. The number of nitrogens with zero attached hydrogens (tertiary/aromatic N) is 4. The van der Waals surface area contributed by atoms with E-state index in [9.17, 15) is 18.0 Å². The van der Waals surface area contributed by atoms with E-state index in [0.29, 0.717) is 11.3 Å². The SMILES string of the molecule is Cc1ccc(-n2cnnn2)cc1NC(=O)C(F)(F)F. The first-order chi connectivity index (χ1) is 8.88. The van der Waals surface area contributed by atoms with Crippen molar-refractivity contribution in [1.82, 2.24) is 20.2 Å². The summed E-state index contributed by atoms with van der Waals surface area (Å²) in [6.45, 7) is 1.58. The van der Waals surface area contributed by atoms with Crippen molar-refractivity contribution in [3.05, 3.63) is 30.1 Å². The van der Waals surface area contributed by atoms with Gasteiger partial charge in [-0.15, -0.1) is 5.10 Å². The van der Waals surface area contributed by atoms with Crippen molar-refractivity contribution in [2.24, 2.45) is 0 Å². The molecule has 0 saturated heterocycles. The summed E-state index contributed by atoms with van der Waals surface area (Å²) in [7, 11) is 0. The number of anilines is 1. The second-order valence-electron chi connectivity index (χ2n) is 3.71. The highest BCUT2D eigenvalue weighted by molar-refractivity contribution is 5.95. The summed E-state index contributed by atoms with van der Waals surface area (Å²) in [5, 5.41) is 12.2. The van der Waals surface area contributed by atoms with Crippen molar-refractivity contribution >= 4 is 11.6 Å². The van der Waals surface area contributed by atoms with Gasteiger partial charge in [0.2, 0.25) is 0 Å². The Labute approximate surface area is 105 Å². The van der Waals surface area contributed by atoms with Crippen molar-refractivity contribution < 1.29 is 18.0 Å². The van der Waals surface area contributed by atoms with Crippen molar-refractivity contribution in [1.29, 1.82) is 0 Å². The number of alkyl halides is 3. The van der Waals surface area contributed by atoms with Crippen LogP contribution in [-0.4, -0.2) is 32.3 Å². The van der Waals surface area contributed by atoms with Gasteiger partial charge in [-0.05, 0) is 35.0 Å². The second-order valence-corrected chi connectivity index (χ2v) is 3.71. The zero-order chi connectivity index (χ0) is 14.0. The molecule has 0 atom stereocenters. The molecule has 6 nitrogen and oxygen atoms in total. The number of amides is 1. The van der Waals surface area contributed by atoms with Gasteiger partial charge in [0.05, 0.1) is 5.69 Å². The Morgan fingerprint density at radius 1 is 1.37 bits per heavy atom. The van der Waals surface area contributed by atoms with Crippen LogP contribution in [0.4, 0.5) is 18.9 Å². The smallest absolute Gasteiger partial charge is 0.318 e. The molecule has 1 amide bonds. The van der Waals surface area contributed by atoms with Crippen molar-refractivity contribution in [2.45, 2.75) is 13.1 Å². The Bertz CT molecular complexity index is 594. The van der Waals surface area contributed by atoms with Gasteiger partial charge in [0, 0.05) is 5.69 Å². The number of benzene rings is 1. The molecule has 9 heteroatoms. The lowest BCUT2D eigenvalue weighted by molar-refractivity contribution is -0.167. The van der Waals surface area contributed by atoms with E-state index in [1.165, 1.54) is 17.1 Å². The predicted octanol–water partition coefficient (Wildman–Crippen LogP) is 1.47. The maximum atomic E-state index is 12.2. The molecule has 0 radical (unpaired) electrons. The number of hydrogen-bond acceptors (Lipinski definition) is 4. The van der Waals surface area contributed by atoms with E-state index in [2.05, 4.69) is 15.5 Å². The quantitative estimate of drug-likeness (QED) is 0.897. The van der Waals surface area contributed by atoms with Crippen LogP contribution in [0.15, 0.2) is 24.5 Å². The standard InChI is InChI=1S/C10H8F3N5O/c1-6-2-3-7(18-5-14-16-17-18)4-8(6)15-9(19)10(11,12)13/h2-5H,1H3,(H,15,19). The van der Waals surface area contributed by atoms with Gasteiger partial charge in [-0.3, -0.25) is 4.79 Å². The maximum absolute atomic E-state index is 12.2. The van der Waals surface area contributed by atoms with Gasteiger partial charge < -0.3 is 5.32 Å². The Kier molecular flexibility index (Phi) is 3.19. The Morgan fingerprint density at radius 3 is 2.68 bits per heavy atom. The van der Waals surface area contributed by atoms with Crippen molar-refractivity contribution in [3.8, 4) is 5.69 Å². The molecular formula is C10H8F3N5O. The average molecular weight is 271 g/mol. The Balaban J connectivity index is 2.31. The van der Waals surface area contributed by atoms with Gasteiger partial charge in [0.15, 0.2) is 0 Å². The summed E-state index contributed by atoms with van der Waals surface area (Å²) in [4.78, 5) is 10.9. The summed E-state index contributed by atoms with van der Waals surface area (Å²) in [6.07, 6.45) is -3.64. The number of tetrazole rings is 1. The van der Waals surface area contributed by atoms with Gasteiger partial charge in [0.1, 0.15) is 6.33 Å². The normalized spacial score (nSPS) is 11.4. The molecule has 0 bridgehead atoms. The first-order valence-electron chi connectivity index (χ1n) is 5.10. The Hall–Kier alpha value is -2.45. The molecule has 1 aromatic heterocycles. The minimum atomic E-state index is -4.93. The number of rotatable bonds is 2. The number of carbonyl (C=O) groups excluding carboxylic acids is 1. The van der Waals surface area contributed by atoms with Gasteiger partial charge >= 0.3 is 12.1 Å². The third kappa shape index (κ3) is 2.87. The van der Waals surface area contributed by atoms with Crippen LogP contribution in [0.3, 0.4) is 0 Å². The molecule has 0 aliphatic carbocycles. The molecule has 1 aromatic carbocycles. The van der Waals surface area contributed by atoms with Crippen molar-refractivity contribution in [3.63, 3.8) is 0 Å². The summed E-state index contributed by atoms with van der Waals surface area (Å²) >= 11 is 0. The van der Waals surface area contributed by atoms with E-state index in [1.54, 1.807) is 24.4 Å². The lowest BCUT2D eigenvalue weighted by Crippen LogP contribution is -2.30. The predicted molar refractivity (Wildman–Crippen MR) is 58.6 cm³/mol. The second kappa shape index (κ2) is 4.67. The lowest BCUT2D eigenvalue weighted by Gasteiger charge is -2.11. The fraction of sp³-hybridized carbons (Fsp3) is 0.200. The number of carbonyl (C=O) groups is 1. The highest BCUT2D eigenvalue weighted by Gasteiger charge is 2.38. The third-order valence-electron chi connectivity index (χ3n) is 2.34. The number of nitrogens with one attached hydrogen (secondary N) is 1. The number of hydrogen-bond donors (Lipinski definition) is 1. The van der Waals surface area contributed by atoms with Crippen LogP contribution >= 0.6 is 0 Å². The minimum Gasteiger partial charge on any atom is -0.318 e. The molecule has 1 heterocycles. The van der Waals surface area contributed by atoms with E-state index in [-0.39, 0.29) is 5.69 Å². The van der Waals surface area contributed by atoms with Gasteiger partial charge in [-0.2, -0.15) is 13.2 Å². The summed E-state index contributed by atoms with van der Waals surface area (Å²) in [5.41, 5.74) is 0.984. The monoisotopic (exact) mass is 271 g/mol. The van der Waals surface area contributed by atoms with Gasteiger partial charge in [-0.1, -0.05) is 6.07 Å². The highest BCUT2D eigenvalue weighted by Crippen LogP contribution is 2.22. The molecule has 0 saturated carbocycles. The van der Waals surface area contributed by atoms with E-state index >= 15 is 0 Å². The highest BCUT2D eigenvalue weighted by atomic mass is 19.4.